The molecule has 1 amide bonds. The fourth-order valence-electron chi connectivity index (χ4n) is 2.05. The second kappa shape index (κ2) is 9.06. The van der Waals surface area contributed by atoms with Gasteiger partial charge in [-0.1, -0.05) is 23.2 Å². The molecule has 0 unspecified atom stereocenters. The monoisotopic (exact) mass is 385 g/mol. The van der Waals surface area contributed by atoms with Gasteiger partial charge in [0.25, 0.3) is 0 Å². The molecule has 0 radical (unpaired) electrons. The molecular formula is C17H17Cl2NO3S. The van der Waals surface area contributed by atoms with Crippen LogP contribution >= 0.6 is 35.0 Å². The van der Waals surface area contributed by atoms with Gasteiger partial charge in [0.1, 0.15) is 11.5 Å². The Morgan fingerprint density at radius 3 is 2.46 bits per heavy atom. The zero-order valence-electron chi connectivity index (χ0n) is 13.3. The molecular weight excluding hydrogens is 369 g/mol. The van der Waals surface area contributed by atoms with Crippen molar-refractivity contribution in [2.75, 3.05) is 25.3 Å². The number of rotatable bonds is 7. The molecule has 128 valence electrons. The minimum atomic E-state index is -0.109. The highest BCUT2D eigenvalue weighted by Gasteiger charge is 2.08. The fourth-order valence-corrected chi connectivity index (χ4v) is 3.31. The van der Waals surface area contributed by atoms with Gasteiger partial charge in [0.2, 0.25) is 5.91 Å². The Morgan fingerprint density at radius 1 is 1.08 bits per heavy atom. The van der Waals surface area contributed by atoms with Crippen LogP contribution in [-0.2, 0) is 10.5 Å². The lowest BCUT2D eigenvalue weighted by Crippen LogP contribution is -2.14. The fraction of sp³-hybridized carbons (Fsp3) is 0.235. The van der Waals surface area contributed by atoms with E-state index in [1.807, 2.05) is 12.1 Å². The first-order valence-electron chi connectivity index (χ1n) is 7.07. The van der Waals surface area contributed by atoms with Crippen molar-refractivity contribution in [3.05, 3.63) is 52.0 Å². The number of amides is 1. The van der Waals surface area contributed by atoms with Gasteiger partial charge in [0, 0.05) is 22.0 Å². The topological polar surface area (TPSA) is 47.6 Å². The highest BCUT2D eigenvalue weighted by molar-refractivity contribution is 7.99. The Balaban J connectivity index is 1.88. The standard InChI is InChI=1S/C17H17Cl2NO3S/c1-22-15-5-3-12(18)7-11(15)9-24-10-17(21)20-13-4-6-16(23-2)14(19)8-13/h3-8H,9-10H2,1-2H3,(H,20,21). The highest BCUT2D eigenvalue weighted by atomic mass is 35.5. The maximum Gasteiger partial charge on any atom is 0.234 e. The average Bonchev–Trinajstić information content (AvgIpc) is 2.55. The lowest BCUT2D eigenvalue weighted by Gasteiger charge is -2.10. The van der Waals surface area contributed by atoms with Gasteiger partial charge < -0.3 is 14.8 Å². The Bertz CT molecular complexity index is 725. The third kappa shape index (κ3) is 5.23. The van der Waals surface area contributed by atoms with Crippen LogP contribution in [0.25, 0.3) is 0 Å². The second-order valence-electron chi connectivity index (χ2n) is 4.85. The van der Waals surface area contributed by atoms with Crippen LogP contribution in [0.15, 0.2) is 36.4 Å². The van der Waals surface area contributed by atoms with Crippen molar-refractivity contribution in [1.29, 1.82) is 0 Å². The van der Waals surface area contributed by atoms with Gasteiger partial charge in [0.15, 0.2) is 0 Å². The van der Waals surface area contributed by atoms with Crippen molar-refractivity contribution in [3.8, 4) is 11.5 Å². The summed E-state index contributed by atoms with van der Waals surface area (Å²) < 4.78 is 10.4. The molecule has 0 aliphatic heterocycles. The summed E-state index contributed by atoms with van der Waals surface area (Å²) in [7, 11) is 3.15. The van der Waals surface area contributed by atoms with Crippen molar-refractivity contribution in [1.82, 2.24) is 0 Å². The largest absolute Gasteiger partial charge is 0.496 e. The average molecular weight is 386 g/mol. The van der Waals surface area contributed by atoms with Crippen molar-refractivity contribution in [2.45, 2.75) is 5.75 Å². The number of methoxy groups -OCH3 is 2. The van der Waals surface area contributed by atoms with Gasteiger partial charge in [0.05, 0.1) is 25.0 Å². The van der Waals surface area contributed by atoms with E-state index in [9.17, 15) is 4.79 Å². The third-order valence-corrected chi connectivity index (χ3v) is 4.68. The number of nitrogens with one attached hydrogen (secondary N) is 1. The number of hydrogen-bond acceptors (Lipinski definition) is 4. The Kier molecular flexibility index (Phi) is 7.09. The second-order valence-corrected chi connectivity index (χ2v) is 6.68. The van der Waals surface area contributed by atoms with Crippen molar-refractivity contribution in [2.24, 2.45) is 0 Å². The number of benzene rings is 2. The lowest BCUT2D eigenvalue weighted by molar-refractivity contribution is -0.113. The SMILES string of the molecule is COc1ccc(NC(=O)CSCc2cc(Cl)ccc2OC)cc1Cl. The van der Waals surface area contributed by atoms with E-state index in [1.165, 1.54) is 11.8 Å². The van der Waals surface area contributed by atoms with Crippen LogP contribution in [0.1, 0.15) is 5.56 Å². The molecule has 0 bridgehead atoms. The molecule has 1 N–H and O–H groups in total. The predicted molar refractivity (Wildman–Crippen MR) is 101 cm³/mol. The molecule has 2 rings (SSSR count). The van der Waals surface area contributed by atoms with Gasteiger partial charge in [-0.05, 0) is 36.4 Å². The van der Waals surface area contributed by atoms with Crippen molar-refractivity contribution >= 4 is 46.6 Å². The van der Waals surface area contributed by atoms with E-state index in [0.717, 1.165) is 11.3 Å². The molecule has 24 heavy (non-hydrogen) atoms. The first kappa shape index (κ1) is 18.8. The molecule has 0 aliphatic rings. The Labute approximate surface area is 155 Å². The number of thioether (sulfide) groups is 1. The van der Waals surface area contributed by atoms with Crippen LogP contribution in [0.4, 0.5) is 5.69 Å². The molecule has 4 nitrogen and oxygen atoms in total. The quantitative estimate of drug-likeness (QED) is 0.737. The van der Waals surface area contributed by atoms with Crippen molar-refractivity contribution in [3.63, 3.8) is 0 Å². The van der Waals surface area contributed by atoms with E-state index in [0.29, 0.717) is 33.0 Å². The lowest BCUT2D eigenvalue weighted by atomic mass is 10.2. The zero-order chi connectivity index (χ0) is 17.5. The maximum absolute atomic E-state index is 12.0. The molecule has 0 heterocycles. The molecule has 0 aliphatic carbocycles. The van der Waals surface area contributed by atoms with Crippen LogP contribution in [-0.4, -0.2) is 25.9 Å². The smallest absolute Gasteiger partial charge is 0.234 e. The number of carbonyl (C=O) groups excluding carboxylic acids is 1. The summed E-state index contributed by atoms with van der Waals surface area (Å²) in [5.41, 5.74) is 1.59. The maximum atomic E-state index is 12.0. The number of carbonyl (C=O) groups is 1. The van der Waals surface area contributed by atoms with Crippen LogP contribution in [0, 0.1) is 0 Å². The normalized spacial score (nSPS) is 10.3. The number of halogens is 2. The van der Waals surface area contributed by atoms with Crippen LogP contribution < -0.4 is 14.8 Å². The third-order valence-electron chi connectivity index (χ3n) is 3.17. The highest BCUT2D eigenvalue weighted by Crippen LogP contribution is 2.28. The Hall–Kier alpha value is -1.56. The predicted octanol–water partition coefficient (Wildman–Crippen LogP) is 4.88. The molecule has 0 atom stereocenters. The van der Waals surface area contributed by atoms with Crippen LogP contribution in [0.5, 0.6) is 11.5 Å². The minimum Gasteiger partial charge on any atom is -0.496 e. The number of ether oxygens (including phenoxy) is 2. The summed E-state index contributed by atoms with van der Waals surface area (Å²) in [6, 6.07) is 10.5. The minimum absolute atomic E-state index is 0.109. The molecule has 0 saturated carbocycles. The Morgan fingerprint density at radius 2 is 1.79 bits per heavy atom. The van der Waals surface area contributed by atoms with E-state index >= 15 is 0 Å². The van der Waals surface area contributed by atoms with Gasteiger partial charge in [-0.25, -0.2) is 0 Å². The van der Waals surface area contributed by atoms with Gasteiger partial charge in [-0.15, -0.1) is 11.8 Å². The zero-order valence-corrected chi connectivity index (χ0v) is 15.6. The first-order chi connectivity index (χ1) is 11.5. The molecule has 2 aromatic rings. The summed E-state index contributed by atoms with van der Waals surface area (Å²) >= 11 is 13.5. The molecule has 7 heteroatoms. The molecule has 0 aromatic heterocycles. The molecule has 0 spiro atoms. The van der Waals surface area contributed by atoms with Crippen LogP contribution in [0.2, 0.25) is 10.0 Å². The molecule has 0 fully saturated rings. The van der Waals surface area contributed by atoms with Gasteiger partial charge >= 0.3 is 0 Å². The number of hydrogen-bond donors (Lipinski definition) is 1. The van der Waals surface area contributed by atoms with E-state index in [4.69, 9.17) is 32.7 Å². The molecule has 0 saturated heterocycles. The summed E-state index contributed by atoms with van der Waals surface area (Å²) in [5.74, 6) is 2.15. The molecule has 2 aromatic carbocycles. The van der Waals surface area contributed by atoms with Gasteiger partial charge in [-0.2, -0.15) is 0 Å². The summed E-state index contributed by atoms with van der Waals surface area (Å²) in [4.78, 5) is 12.0. The summed E-state index contributed by atoms with van der Waals surface area (Å²) in [6.45, 7) is 0. The van der Waals surface area contributed by atoms with Gasteiger partial charge in [-0.3, -0.25) is 4.79 Å². The van der Waals surface area contributed by atoms with Crippen molar-refractivity contribution < 1.29 is 14.3 Å². The van der Waals surface area contributed by atoms with E-state index in [1.54, 1.807) is 38.5 Å². The number of anilines is 1. The van der Waals surface area contributed by atoms with E-state index in [2.05, 4.69) is 5.32 Å². The van der Waals surface area contributed by atoms with E-state index < -0.39 is 0 Å². The van der Waals surface area contributed by atoms with Crippen LogP contribution in [0.3, 0.4) is 0 Å². The van der Waals surface area contributed by atoms with E-state index in [-0.39, 0.29) is 5.91 Å². The summed E-state index contributed by atoms with van der Waals surface area (Å²) in [5, 5.41) is 3.90. The summed E-state index contributed by atoms with van der Waals surface area (Å²) in [6.07, 6.45) is 0. The first-order valence-corrected chi connectivity index (χ1v) is 8.98.